The van der Waals surface area contributed by atoms with Gasteiger partial charge in [-0.3, -0.25) is 9.59 Å². The van der Waals surface area contributed by atoms with Crippen molar-refractivity contribution in [2.45, 2.75) is 0 Å². The molecule has 0 fully saturated rings. The number of hydrogen-bond donors (Lipinski definition) is 2. The minimum absolute atomic E-state index is 0.106. The summed E-state index contributed by atoms with van der Waals surface area (Å²) in [6.07, 6.45) is 1.49. The number of rotatable bonds is 4. The van der Waals surface area contributed by atoms with E-state index in [4.69, 9.17) is 10.5 Å². The van der Waals surface area contributed by atoms with Crippen LogP contribution in [0, 0.1) is 0 Å². The molecule has 0 saturated heterocycles. The number of aromatic nitrogens is 1. The van der Waals surface area contributed by atoms with Gasteiger partial charge in [-0.2, -0.15) is 0 Å². The van der Waals surface area contributed by atoms with Crippen molar-refractivity contribution >= 4 is 11.8 Å². The van der Waals surface area contributed by atoms with E-state index in [0.717, 1.165) is 0 Å². The molecule has 1 aromatic heterocycles. The third-order valence-electron chi connectivity index (χ3n) is 2.57. The van der Waals surface area contributed by atoms with Crippen LogP contribution in [0.15, 0.2) is 42.6 Å². The first-order valence-corrected chi connectivity index (χ1v) is 5.86. The normalized spacial score (nSPS) is 9.85. The van der Waals surface area contributed by atoms with E-state index in [0.29, 0.717) is 11.3 Å². The Hall–Kier alpha value is -2.89. The van der Waals surface area contributed by atoms with E-state index in [-0.39, 0.29) is 17.4 Å². The molecule has 2 rings (SSSR count). The predicted octanol–water partition coefficient (Wildman–Crippen LogP) is 1.33. The van der Waals surface area contributed by atoms with Gasteiger partial charge in [0, 0.05) is 18.8 Å². The van der Waals surface area contributed by atoms with Gasteiger partial charge in [0.05, 0.1) is 0 Å². The molecule has 0 radical (unpaired) electrons. The zero-order valence-electron chi connectivity index (χ0n) is 10.8. The molecule has 3 N–H and O–H groups in total. The summed E-state index contributed by atoms with van der Waals surface area (Å²) >= 11 is 0. The molecule has 0 unspecified atom stereocenters. The summed E-state index contributed by atoms with van der Waals surface area (Å²) in [6.45, 7) is 0. The second-order valence-corrected chi connectivity index (χ2v) is 3.93. The highest BCUT2D eigenvalue weighted by Crippen LogP contribution is 2.23. The van der Waals surface area contributed by atoms with E-state index in [1.807, 2.05) is 0 Å². The van der Waals surface area contributed by atoms with Crippen LogP contribution in [0.5, 0.6) is 11.6 Å². The van der Waals surface area contributed by atoms with Gasteiger partial charge in [-0.15, -0.1) is 0 Å². The maximum absolute atomic E-state index is 11.5. The molecule has 0 bridgehead atoms. The van der Waals surface area contributed by atoms with Gasteiger partial charge in [0.25, 0.3) is 11.8 Å². The highest BCUT2D eigenvalue weighted by Gasteiger charge is 2.12. The van der Waals surface area contributed by atoms with Crippen LogP contribution < -0.4 is 15.8 Å². The minimum atomic E-state index is -0.629. The SMILES string of the molecule is CNC(=O)c1cccc(Oc2ncccc2C(N)=O)c1. The number of pyridine rings is 1. The van der Waals surface area contributed by atoms with Crippen LogP contribution >= 0.6 is 0 Å². The van der Waals surface area contributed by atoms with Gasteiger partial charge in [-0.25, -0.2) is 4.98 Å². The minimum Gasteiger partial charge on any atom is -0.438 e. The molecule has 6 heteroatoms. The van der Waals surface area contributed by atoms with E-state index in [2.05, 4.69) is 10.3 Å². The Balaban J connectivity index is 2.31. The van der Waals surface area contributed by atoms with Crippen molar-refractivity contribution in [2.24, 2.45) is 5.73 Å². The summed E-state index contributed by atoms with van der Waals surface area (Å²) in [5.74, 6) is -0.358. The Morgan fingerprint density at radius 3 is 2.75 bits per heavy atom. The second kappa shape index (κ2) is 5.83. The number of ether oxygens (including phenoxy) is 1. The molecule has 0 aliphatic carbocycles. The molecule has 102 valence electrons. The number of hydrogen-bond acceptors (Lipinski definition) is 4. The Labute approximate surface area is 115 Å². The number of primary amides is 1. The summed E-state index contributed by atoms with van der Waals surface area (Å²) in [4.78, 5) is 26.8. The average Bonchev–Trinajstić information content (AvgIpc) is 2.47. The highest BCUT2D eigenvalue weighted by atomic mass is 16.5. The molecule has 2 amide bonds. The van der Waals surface area contributed by atoms with Gasteiger partial charge in [0.2, 0.25) is 5.88 Å². The van der Waals surface area contributed by atoms with E-state index in [1.165, 1.54) is 12.3 Å². The van der Waals surface area contributed by atoms with Gasteiger partial charge in [0.15, 0.2) is 0 Å². The van der Waals surface area contributed by atoms with Crippen molar-refractivity contribution in [3.8, 4) is 11.6 Å². The zero-order chi connectivity index (χ0) is 14.5. The summed E-state index contributed by atoms with van der Waals surface area (Å²) in [7, 11) is 1.54. The molecule has 0 saturated carbocycles. The fraction of sp³-hybridized carbons (Fsp3) is 0.0714. The smallest absolute Gasteiger partial charge is 0.254 e. The molecule has 0 atom stereocenters. The van der Waals surface area contributed by atoms with E-state index in [9.17, 15) is 9.59 Å². The van der Waals surface area contributed by atoms with Crippen LogP contribution in [0.2, 0.25) is 0 Å². The van der Waals surface area contributed by atoms with Crippen LogP contribution in [0.1, 0.15) is 20.7 Å². The standard InChI is InChI=1S/C14H13N3O3/c1-16-13(19)9-4-2-5-10(8-9)20-14-11(12(15)18)6-3-7-17-14/h2-8H,1H3,(H2,15,18)(H,16,19). The van der Waals surface area contributed by atoms with Crippen molar-refractivity contribution < 1.29 is 14.3 Å². The monoisotopic (exact) mass is 271 g/mol. The zero-order valence-corrected chi connectivity index (χ0v) is 10.8. The van der Waals surface area contributed by atoms with Crippen molar-refractivity contribution in [3.63, 3.8) is 0 Å². The fourth-order valence-electron chi connectivity index (χ4n) is 1.62. The predicted molar refractivity (Wildman–Crippen MR) is 72.7 cm³/mol. The lowest BCUT2D eigenvalue weighted by Crippen LogP contribution is -2.17. The number of nitrogens with one attached hydrogen (secondary N) is 1. The molecule has 1 heterocycles. The first kappa shape index (κ1) is 13.5. The van der Waals surface area contributed by atoms with Crippen LogP contribution in [-0.2, 0) is 0 Å². The lowest BCUT2D eigenvalue weighted by Gasteiger charge is -2.08. The maximum atomic E-state index is 11.5. The fourth-order valence-corrected chi connectivity index (χ4v) is 1.62. The Bertz CT molecular complexity index is 656. The quantitative estimate of drug-likeness (QED) is 0.877. The lowest BCUT2D eigenvalue weighted by atomic mass is 10.2. The van der Waals surface area contributed by atoms with E-state index >= 15 is 0 Å². The summed E-state index contributed by atoms with van der Waals surface area (Å²) in [5, 5.41) is 2.52. The molecular weight excluding hydrogens is 258 g/mol. The largest absolute Gasteiger partial charge is 0.438 e. The second-order valence-electron chi connectivity index (χ2n) is 3.93. The van der Waals surface area contributed by atoms with Gasteiger partial charge >= 0.3 is 0 Å². The topological polar surface area (TPSA) is 94.3 Å². The van der Waals surface area contributed by atoms with Gasteiger partial charge in [-0.05, 0) is 30.3 Å². The van der Waals surface area contributed by atoms with Crippen LogP contribution in [0.25, 0.3) is 0 Å². The molecule has 20 heavy (non-hydrogen) atoms. The summed E-state index contributed by atoms with van der Waals surface area (Å²) in [5.41, 5.74) is 5.87. The number of nitrogens with zero attached hydrogens (tertiary/aromatic N) is 1. The Morgan fingerprint density at radius 2 is 2.05 bits per heavy atom. The molecule has 0 aliphatic rings. The third-order valence-corrected chi connectivity index (χ3v) is 2.57. The van der Waals surface area contributed by atoms with Crippen molar-refractivity contribution in [3.05, 3.63) is 53.7 Å². The first-order valence-electron chi connectivity index (χ1n) is 5.86. The average molecular weight is 271 g/mol. The molecule has 0 spiro atoms. The van der Waals surface area contributed by atoms with Crippen LogP contribution in [0.4, 0.5) is 0 Å². The van der Waals surface area contributed by atoms with Gasteiger partial charge in [0.1, 0.15) is 11.3 Å². The Kier molecular flexibility index (Phi) is 3.95. The van der Waals surface area contributed by atoms with Gasteiger partial charge < -0.3 is 15.8 Å². The molecule has 2 aromatic rings. The molecular formula is C14H13N3O3. The van der Waals surface area contributed by atoms with Crippen LogP contribution in [0.3, 0.4) is 0 Å². The molecule has 1 aromatic carbocycles. The van der Waals surface area contributed by atoms with Gasteiger partial charge in [-0.1, -0.05) is 6.07 Å². The van der Waals surface area contributed by atoms with E-state index < -0.39 is 5.91 Å². The van der Waals surface area contributed by atoms with Crippen molar-refractivity contribution in [1.82, 2.24) is 10.3 Å². The number of benzene rings is 1. The third kappa shape index (κ3) is 2.92. The lowest BCUT2D eigenvalue weighted by molar-refractivity contribution is 0.0960. The Morgan fingerprint density at radius 1 is 1.25 bits per heavy atom. The molecule has 0 aliphatic heterocycles. The number of amides is 2. The first-order chi connectivity index (χ1) is 9.61. The number of carbonyl (C=O) groups is 2. The maximum Gasteiger partial charge on any atom is 0.254 e. The number of nitrogens with two attached hydrogens (primary N) is 1. The summed E-state index contributed by atoms with van der Waals surface area (Å²) < 4.78 is 5.51. The van der Waals surface area contributed by atoms with E-state index in [1.54, 1.807) is 37.4 Å². The number of carbonyl (C=O) groups excluding carboxylic acids is 2. The summed E-state index contributed by atoms with van der Waals surface area (Å²) in [6, 6.07) is 9.65. The van der Waals surface area contributed by atoms with Crippen molar-refractivity contribution in [2.75, 3.05) is 7.05 Å². The van der Waals surface area contributed by atoms with Crippen molar-refractivity contribution in [1.29, 1.82) is 0 Å². The molecule has 6 nitrogen and oxygen atoms in total. The highest BCUT2D eigenvalue weighted by molar-refractivity contribution is 5.95. The van der Waals surface area contributed by atoms with Crippen LogP contribution in [-0.4, -0.2) is 23.8 Å².